The summed E-state index contributed by atoms with van der Waals surface area (Å²) in [5.41, 5.74) is 1.06. The lowest BCUT2D eigenvalue weighted by Crippen LogP contribution is -2.52. The smallest absolute Gasteiger partial charge is 0.318 e. The summed E-state index contributed by atoms with van der Waals surface area (Å²) in [7, 11) is 0. The highest BCUT2D eigenvalue weighted by atomic mass is 19.2. The summed E-state index contributed by atoms with van der Waals surface area (Å²) >= 11 is 0. The number of halogens is 2. The van der Waals surface area contributed by atoms with E-state index >= 15 is 0 Å². The molecule has 1 aromatic carbocycles. The van der Waals surface area contributed by atoms with Crippen molar-refractivity contribution in [3.8, 4) is 0 Å². The van der Waals surface area contributed by atoms with Crippen molar-refractivity contribution in [2.45, 2.75) is 38.9 Å². The van der Waals surface area contributed by atoms with Crippen LogP contribution in [0.1, 0.15) is 38.1 Å². The van der Waals surface area contributed by atoms with E-state index in [0.717, 1.165) is 11.8 Å². The van der Waals surface area contributed by atoms with E-state index in [0.29, 0.717) is 18.7 Å². The van der Waals surface area contributed by atoms with E-state index < -0.39 is 17.7 Å². The normalized spacial score (nSPS) is 17.5. The quantitative estimate of drug-likeness (QED) is 0.849. The Morgan fingerprint density at radius 2 is 1.92 bits per heavy atom. The van der Waals surface area contributed by atoms with Gasteiger partial charge in [0.15, 0.2) is 11.6 Å². The van der Waals surface area contributed by atoms with Crippen LogP contribution >= 0.6 is 0 Å². The minimum Gasteiger partial charge on any atom is -0.348 e. The molecule has 1 atom stereocenters. The van der Waals surface area contributed by atoms with Gasteiger partial charge in [-0.1, -0.05) is 6.07 Å². The number of amides is 2. The van der Waals surface area contributed by atoms with Gasteiger partial charge in [-0.05, 0) is 50.6 Å². The summed E-state index contributed by atoms with van der Waals surface area (Å²) in [5, 5.41) is 2.95. The number of nitrogens with zero attached hydrogens (tertiary/aromatic N) is 2. The molecule has 128 valence electrons. The fourth-order valence-corrected chi connectivity index (χ4v) is 3.03. The van der Waals surface area contributed by atoms with Gasteiger partial charge in [-0.25, -0.2) is 13.6 Å². The molecule has 0 spiro atoms. The van der Waals surface area contributed by atoms with Crippen molar-refractivity contribution in [1.29, 1.82) is 0 Å². The molecule has 1 N–H and O–H groups in total. The van der Waals surface area contributed by atoms with E-state index in [-0.39, 0.29) is 11.6 Å². The Balaban J connectivity index is 2.02. The first kappa shape index (κ1) is 16.5. The molecule has 1 aliphatic rings. The van der Waals surface area contributed by atoms with E-state index in [1.807, 2.05) is 43.7 Å². The third kappa shape index (κ3) is 3.13. The second-order valence-electron chi connectivity index (χ2n) is 7.08. The molecule has 0 radical (unpaired) electrons. The average molecular weight is 333 g/mol. The van der Waals surface area contributed by atoms with Crippen molar-refractivity contribution in [2.24, 2.45) is 0 Å². The van der Waals surface area contributed by atoms with Gasteiger partial charge in [-0.3, -0.25) is 0 Å². The van der Waals surface area contributed by atoms with Crippen LogP contribution in [0.2, 0.25) is 0 Å². The van der Waals surface area contributed by atoms with Crippen molar-refractivity contribution < 1.29 is 13.6 Å². The summed E-state index contributed by atoms with van der Waals surface area (Å²) in [5.74, 6) is -1.80. The first-order valence-electron chi connectivity index (χ1n) is 7.95. The van der Waals surface area contributed by atoms with Gasteiger partial charge in [-0.2, -0.15) is 0 Å². The fraction of sp³-hybridized carbons (Fsp3) is 0.389. The molecule has 0 unspecified atom stereocenters. The molecule has 24 heavy (non-hydrogen) atoms. The molecule has 3 rings (SSSR count). The molecule has 1 aliphatic heterocycles. The molecule has 0 aliphatic carbocycles. The Bertz CT molecular complexity index is 764. The number of aromatic nitrogens is 1. The second kappa shape index (κ2) is 5.92. The number of rotatable bonds is 1. The van der Waals surface area contributed by atoms with Crippen LogP contribution in [-0.4, -0.2) is 27.6 Å². The number of carbonyl (C=O) groups is 1. The van der Waals surface area contributed by atoms with Crippen LogP contribution in [0.5, 0.6) is 0 Å². The van der Waals surface area contributed by atoms with Gasteiger partial charge in [0.05, 0.1) is 6.04 Å². The second-order valence-corrected chi connectivity index (χ2v) is 7.08. The molecule has 1 aromatic heterocycles. The van der Waals surface area contributed by atoms with Crippen LogP contribution < -0.4 is 5.32 Å². The SMILES string of the molecule is CC(C)(C)NC(=O)N1CCn2cccc2[C@@H]1c1ccc(F)c(F)c1. The lowest BCUT2D eigenvalue weighted by atomic mass is 9.99. The number of carbonyl (C=O) groups excluding carboxylic acids is 1. The number of urea groups is 1. The van der Waals surface area contributed by atoms with E-state index in [4.69, 9.17) is 0 Å². The largest absolute Gasteiger partial charge is 0.348 e. The molecule has 0 bridgehead atoms. The van der Waals surface area contributed by atoms with Gasteiger partial charge in [0.2, 0.25) is 0 Å². The maximum absolute atomic E-state index is 13.7. The zero-order valence-corrected chi connectivity index (χ0v) is 14.0. The van der Waals surface area contributed by atoms with Crippen molar-refractivity contribution in [3.63, 3.8) is 0 Å². The summed E-state index contributed by atoms with van der Waals surface area (Å²) in [6.07, 6.45) is 1.93. The highest BCUT2D eigenvalue weighted by Gasteiger charge is 2.33. The van der Waals surface area contributed by atoms with E-state index in [2.05, 4.69) is 5.32 Å². The molecule has 2 amide bonds. The van der Waals surface area contributed by atoms with Crippen LogP contribution in [0.3, 0.4) is 0 Å². The van der Waals surface area contributed by atoms with Crippen molar-refractivity contribution >= 4 is 6.03 Å². The Morgan fingerprint density at radius 1 is 1.17 bits per heavy atom. The van der Waals surface area contributed by atoms with Crippen molar-refractivity contribution in [2.75, 3.05) is 6.54 Å². The number of hydrogen-bond donors (Lipinski definition) is 1. The number of nitrogens with one attached hydrogen (secondary N) is 1. The molecule has 6 heteroatoms. The van der Waals surface area contributed by atoms with Crippen LogP contribution in [0, 0.1) is 11.6 Å². The van der Waals surface area contributed by atoms with Gasteiger partial charge >= 0.3 is 6.03 Å². The first-order valence-corrected chi connectivity index (χ1v) is 7.95. The summed E-state index contributed by atoms with van der Waals surface area (Å²) in [6.45, 7) is 6.88. The minimum atomic E-state index is -0.910. The average Bonchev–Trinajstić information content (AvgIpc) is 2.95. The van der Waals surface area contributed by atoms with Gasteiger partial charge in [0, 0.05) is 30.5 Å². The minimum absolute atomic E-state index is 0.218. The van der Waals surface area contributed by atoms with Crippen molar-refractivity contribution in [3.05, 3.63) is 59.4 Å². The summed E-state index contributed by atoms with van der Waals surface area (Å²) in [6, 6.07) is 6.93. The molecule has 2 aromatic rings. The van der Waals surface area contributed by atoms with Gasteiger partial charge in [0.1, 0.15) is 0 Å². The predicted molar refractivity (Wildman–Crippen MR) is 87.6 cm³/mol. The number of benzene rings is 1. The lowest BCUT2D eigenvalue weighted by Gasteiger charge is -2.39. The van der Waals surface area contributed by atoms with Gasteiger partial charge < -0.3 is 14.8 Å². The van der Waals surface area contributed by atoms with E-state index in [1.165, 1.54) is 12.1 Å². The van der Waals surface area contributed by atoms with Crippen LogP contribution in [0.4, 0.5) is 13.6 Å². The monoisotopic (exact) mass is 333 g/mol. The molecule has 0 fully saturated rings. The Hall–Kier alpha value is -2.37. The van der Waals surface area contributed by atoms with E-state index in [9.17, 15) is 13.6 Å². The van der Waals surface area contributed by atoms with Crippen molar-refractivity contribution in [1.82, 2.24) is 14.8 Å². The molecular weight excluding hydrogens is 312 g/mol. The Kier molecular flexibility index (Phi) is 4.07. The van der Waals surface area contributed by atoms with E-state index in [1.54, 1.807) is 4.90 Å². The maximum atomic E-state index is 13.7. The van der Waals surface area contributed by atoms with Crippen LogP contribution in [-0.2, 0) is 6.54 Å². The summed E-state index contributed by atoms with van der Waals surface area (Å²) in [4.78, 5) is 14.4. The van der Waals surface area contributed by atoms with Gasteiger partial charge in [0.25, 0.3) is 0 Å². The standard InChI is InChI=1S/C18H21F2N3O/c1-18(2,3)21-17(24)23-10-9-22-8-4-5-15(22)16(23)12-6-7-13(19)14(20)11-12/h4-8,11,16H,9-10H2,1-3H3,(H,21,24)/t16-/m0/s1. The molecule has 0 saturated carbocycles. The van der Waals surface area contributed by atoms with Crippen LogP contribution in [0.25, 0.3) is 0 Å². The first-order chi connectivity index (χ1) is 11.3. The third-order valence-corrected chi connectivity index (χ3v) is 4.04. The Labute approximate surface area is 140 Å². The van der Waals surface area contributed by atoms with Crippen LogP contribution in [0.15, 0.2) is 36.5 Å². The zero-order chi connectivity index (χ0) is 17.5. The fourth-order valence-electron chi connectivity index (χ4n) is 3.03. The molecule has 0 saturated heterocycles. The highest BCUT2D eigenvalue weighted by molar-refractivity contribution is 5.76. The third-order valence-electron chi connectivity index (χ3n) is 4.04. The maximum Gasteiger partial charge on any atom is 0.318 e. The molecule has 2 heterocycles. The molecule has 4 nitrogen and oxygen atoms in total. The van der Waals surface area contributed by atoms with Gasteiger partial charge in [-0.15, -0.1) is 0 Å². The predicted octanol–water partition coefficient (Wildman–Crippen LogP) is 3.68. The highest BCUT2D eigenvalue weighted by Crippen LogP contribution is 2.33. The number of fused-ring (bicyclic) bond motifs is 1. The Morgan fingerprint density at radius 3 is 2.58 bits per heavy atom. The topological polar surface area (TPSA) is 37.3 Å². The molecular formula is C18H21F2N3O. The lowest BCUT2D eigenvalue weighted by molar-refractivity contribution is 0.160. The zero-order valence-electron chi connectivity index (χ0n) is 14.0. The summed E-state index contributed by atoms with van der Waals surface area (Å²) < 4.78 is 29.1. The number of hydrogen-bond acceptors (Lipinski definition) is 1.